The molecule has 0 spiro atoms. The molecule has 0 unspecified atom stereocenters. The SMILES string of the molecule is NC(=O)c1sc(C2CC2)nc1O[C@H]1CC[C@H](NC(=O)c2nc(C(F)(F)F)n3cc(-c4ccc(F)nc4)ccc23)CC1. The number of nitrogens with two attached hydrogens (primary N) is 1. The van der Waals surface area contributed by atoms with Crippen LogP contribution in [0.5, 0.6) is 5.88 Å². The van der Waals surface area contributed by atoms with E-state index in [-0.39, 0.29) is 29.2 Å². The number of amides is 2. The lowest BCUT2D eigenvalue weighted by Crippen LogP contribution is -2.40. The van der Waals surface area contributed by atoms with Crippen LogP contribution in [0.15, 0.2) is 36.7 Å². The molecule has 6 rings (SSSR count). The largest absolute Gasteiger partial charge is 0.473 e. The number of rotatable bonds is 7. The topological polar surface area (TPSA) is 124 Å². The molecule has 214 valence electrons. The van der Waals surface area contributed by atoms with Crippen LogP contribution in [0, 0.1) is 5.95 Å². The third kappa shape index (κ3) is 5.60. The van der Waals surface area contributed by atoms with Crippen LogP contribution in [0.25, 0.3) is 16.6 Å². The minimum Gasteiger partial charge on any atom is -0.473 e. The lowest BCUT2D eigenvalue weighted by molar-refractivity contribution is -0.145. The number of carbonyl (C=O) groups excluding carboxylic acids is 2. The first-order valence-corrected chi connectivity index (χ1v) is 13.9. The summed E-state index contributed by atoms with van der Waals surface area (Å²) >= 11 is 1.26. The van der Waals surface area contributed by atoms with Gasteiger partial charge >= 0.3 is 6.18 Å². The van der Waals surface area contributed by atoms with Crippen LogP contribution < -0.4 is 15.8 Å². The first-order chi connectivity index (χ1) is 19.6. The fourth-order valence-corrected chi connectivity index (χ4v) is 5.99. The molecule has 3 N–H and O–H groups in total. The van der Waals surface area contributed by atoms with E-state index in [2.05, 4.69) is 20.3 Å². The predicted octanol–water partition coefficient (Wildman–Crippen LogP) is 5.11. The van der Waals surface area contributed by atoms with Crippen molar-refractivity contribution in [3.05, 3.63) is 64.0 Å². The zero-order valence-corrected chi connectivity index (χ0v) is 22.3. The number of primary amides is 1. The maximum atomic E-state index is 13.9. The van der Waals surface area contributed by atoms with Crippen LogP contribution in [0.2, 0.25) is 0 Å². The van der Waals surface area contributed by atoms with Crippen LogP contribution in [-0.4, -0.2) is 43.3 Å². The number of imidazole rings is 1. The second-order valence-electron chi connectivity index (χ2n) is 10.2. The first kappa shape index (κ1) is 27.1. The van der Waals surface area contributed by atoms with E-state index in [1.165, 1.54) is 41.9 Å². The summed E-state index contributed by atoms with van der Waals surface area (Å²) in [5.41, 5.74) is 5.90. The van der Waals surface area contributed by atoms with Crippen molar-refractivity contribution in [3.8, 4) is 17.0 Å². The molecule has 0 aromatic carbocycles. The van der Waals surface area contributed by atoms with Crippen molar-refractivity contribution >= 4 is 28.7 Å². The second kappa shape index (κ2) is 10.4. The minimum absolute atomic E-state index is 0.0142. The molecule has 4 aromatic heterocycles. The van der Waals surface area contributed by atoms with E-state index in [0.717, 1.165) is 28.3 Å². The molecule has 0 aliphatic heterocycles. The number of alkyl halides is 3. The minimum atomic E-state index is -4.82. The molecule has 2 amide bonds. The average Bonchev–Trinajstić information content (AvgIpc) is 3.57. The third-order valence-electron chi connectivity index (χ3n) is 7.22. The zero-order chi connectivity index (χ0) is 28.9. The highest BCUT2D eigenvalue weighted by atomic mass is 32.1. The normalized spacial score (nSPS) is 19.3. The Labute approximate surface area is 234 Å². The zero-order valence-electron chi connectivity index (χ0n) is 21.4. The van der Waals surface area contributed by atoms with Crippen molar-refractivity contribution in [1.29, 1.82) is 0 Å². The van der Waals surface area contributed by atoms with Gasteiger partial charge in [-0.2, -0.15) is 17.6 Å². The number of nitrogens with zero attached hydrogens (tertiary/aromatic N) is 4. The Balaban J connectivity index is 1.15. The Kier molecular flexibility index (Phi) is 6.88. The number of ether oxygens (including phenoxy) is 1. The van der Waals surface area contributed by atoms with E-state index in [9.17, 15) is 27.2 Å². The lowest BCUT2D eigenvalue weighted by Gasteiger charge is -2.29. The summed E-state index contributed by atoms with van der Waals surface area (Å²) < 4.78 is 61.6. The van der Waals surface area contributed by atoms with Gasteiger partial charge in [0.2, 0.25) is 17.7 Å². The van der Waals surface area contributed by atoms with Crippen LogP contribution in [0.3, 0.4) is 0 Å². The van der Waals surface area contributed by atoms with Gasteiger partial charge in [-0.3, -0.25) is 14.0 Å². The Morgan fingerprint density at radius 2 is 1.76 bits per heavy atom. The maximum absolute atomic E-state index is 13.9. The molecule has 41 heavy (non-hydrogen) atoms. The van der Waals surface area contributed by atoms with Crippen molar-refractivity contribution in [2.24, 2.45) is 5.73 Å². The smallest absolute Gasteiger partial charge is 0.450 e. The summed E-state index contributed by atoms with van der Waals surface area (Å²) in [6.45, 7) is 0. The van der Waals surface area contributed by atoms with Crippen LogP contribution in [-0.2, 0) is 6.18 Å². The van der Waals surface area contributed by atoms with Crippen molar-refractivity contribution in [3.63, 3.8) is 0 Å². The van der Waals surface area contributed by atoms with Gasteiger partial charge in [0.25, 0.3) is 11.8 Å². The number of pyridine rings is 2. The fraction of sp³-hybridized carbons (Fsp3) is 0.370. The lowest BCUT2D eigenvalue weighted by atomic mass is 9.93. The van der Waals surface area contributed by atoms with Gasteiger partial charge in [0.05, 0.1) is 5.52 Å². The summed E-state index contributed by atoms with van der Waals surface area (Å²) in [5.74, 6) is -2.66. The number of thiazole rings is 1. The van der Waals surface area contributed by atoms with Gasteiger partial charge in [-0.05, 0) is 62.3 Å². The molecule has 0 saturated heterocycles. The highest BCUT2D eigenvalue weighted by Crippen LogP contribution is 2.44. The van der Waals surface area contributed by atoms with Gasteiger partial charge in [-0.1, -0.05) is 6.07 Å². The quantitative estimate of drug-likeness (QED) is 0.229. The highest BCUT2D eigenvalue weighted by molar-refractivity contribution is 7.14. The molecule has 4 aromatic rings. The van der Waals surface area contributed by atoms with Crippen molar-refractivity contribution < 1.29 is 31.9 Å². The third-order valence-corrected chi connectivity index (χ3v) is 8.43. The Hall–Kier alpha value is -4.07. The maximum Gasteiger partial charge on any atom is 0.450 e. The number of nitrogens with one attached hydrogen (secondary N) is 1. The van der Waals surface area contributed by atoms with E-state index in [0.29, 0.717) is 47.6 Å². The van der Waals surface area contributed by atoms with Gasteiger partial charge < -0.3 is 15.8 Å². The van der Waals surface area contributed by atoms with Gasteiger partial charge in [0.1, 0.15) is 11.1 Å². The first-order valence-electron chi connectivity index (χ1n) is 13.1. The van der Waals surface area contributed by atoms with Gasteiger partial charge in [0, 0.05) is 29.9 Å². The van der Waals surface area contributed by atoms with Crippen molar-refractivity contribution in [1.82, 2.24) is 24.7 Å². The molecule has 2 aliphatic carbocycles. The second-order valence-corrected chi connectivity index (χ2v) is 11.2. The average molecular weight is 589 g/mol. The number of fused-ring (bicyclic) bond motifs is 1. The molecule has 0 bridgehead atoms. The summed E-state index contributed by atoms with van der Waals surface area (Å²) in [7, 11) is 0. The fourth-order valence-electron chi connectivity index (χ4n) is 4.97. The van der Waals surface area contributed by atoms with E-state index < -0.39 is 29.8 Å². The molecule has 4 heterocycles. The Bertz CT molecular complexity index is 1620. The molecular weight excluding hydrogens is 564 g/mol. The van der Waals surface area contributed by atoms with Gasteiger partial charge in [0.15, 0.2) is 10.6 Å². The van der Waals surface area contributed by atoms with Crippen molar-refractivity contribution in [2.75, 3.05) is 0 Å². The molecule has 2 aliphatic rings. The van der Waals surface area contributed by atoms with E-state index in [1.54, 1.807) is 0 Å². The molecule has 2 saturated carbocycles. The molecule has 0 atom stereocenters. The number of hydrogen-bond donors (Lipinski definition) is 2. The standard InChI is InChI=1S/C27H24F4N6O3S/c28-19-10-4-14(11-33-19)15-3-9-18-20(35-26(27(29,30)31)37(18)12-15)23(39)34-16-5-7-17(8-6-16)40-24-21(22(32)38)41-25(36-24)13-1-2-13/h3-4,9-13,16-17H,1-2,5-8H2,(H2,32,38)(H,34,39)/t16-,17-. The van der Waals surface area contributed by atoms with E-state index in [1.807, 2.05) is 0 Å². The monoisotopic (exact) mass is 588 g/mol. The molecule has 0 radical (unpaired) electrons. The Morgan fingerprint density at radius 3 is 2.39 bits per heavy atom. The van der Waals surface area contributed by atoms with Crippen LogP contribution in [0.1, 0.15) is 75.4 Å². The molecule has 9 nitrogen and oxygen atoms in total. The van der Waals surface area contributed by atoms with E-state index >= 15 is 0 Å². The number of aromatic nitrogens is 4. The summed E-state index contributed by atoms with van der Waals surface area (Å²) in [5, 5.41) is 3.66. The van der Waals surface area contributed by atoms with Crippen molar-refractivity contribution in [2.45, 2.75) is 62.8 Å². The van der Waals surface area contributed by atoms with Gasteiger partial charge in [-0.25, -0.2) is 15.0 Å². The number of hydrogen-bond acceptors (Lipinski definition) is 7. The highest BCUT2D eigenvalue weighted by Gasteiger charge is 2.39. The van der Waals surface area contributed by atoms with Gasteiger partial charge in [-0.15, -0.1) is 11.3 Å². The summed E-state index contributed by atoms with van der Waals surface area (Å²) in [6, 6.07) is 5.11. The van der Waals surface area contributed by atoms with Crippen LogP contribution in [0.4, 0.5) is 17.6 Å². The molecular formula is C27H24F4N6O3S. The summed E-state index contributed by atoms with van der Waals surface area (Å²) in [4.78, 5) is 37.0. The molecule has 14 heteroatoms. The van der Waals surface area contributed by atoms with E-state index in [4.69, 9.17) is 10.5 Å². The summed E-state index contributed by atoms with van der Waals surface area (Å²) in [6.07, 6.45) is 1.53. The number of carbonyl (C=O) groups is 2. The predicted molar refractivity (Wildman–Crippen MR) is 140 cm³/mol. The Morgan fingerprint density at radius 1 is 1.02 bits per heavy atom. The number of halogens is 4. The van der Waals surface area contributed by atoms with Crippen LogP contribution >= 0.6 is 11.3 Å². The molecule has 2 fully saturated rings.